The molecule has 0 spiro atoms. The number of aromatic nitrogens is 2. The number of urea groups is 1. The van der Waals surface area contributed by atoms with Gasteiger partial charge in [0, 0.05) is 5.56 Å². The Morgan fingerprint density at radius 3 is 2.58 bits per heavy atom. The third-order valence-corrected chi connectivity index (χ3v) is 4.34. The molecule has 2 amide bonds. The van der Waals surface area contributed by atoms with Crippen LogP contribution < -0.4 is 0 Å². The summed E-state index contributed by atoms with van der Waals surface area (Å²) < 4.78 is 70.0. The quantitative estimate of drug-likeness (QED) is 0.564. The molecule has 2 bridgehead atoms. The Balaban J connectivity index is 1.81. The van der Waals surface area contributed by atoms with E-state index in [1.807, 2.05) is 0 Å². The van der Waals surface area contributed by atoms with Crippen LogP contribution in [0.4, 0.5) is 4.79 Å². The van der Waals surface area contributed by atoms with Crippen molar-refractivity contribution in [3.63, 3.8) is 0 Å². The minimum absolute atomic E-state index is 0.0248. The summed E-state index contributed by atoms with van der Waals surface area (Å²) in [5.74, 6) is 0. The van der Waals surface area contributed by atoms with Crippen LogP contribution in [-0.2, 0) is 42.4 Å². The van der Waals surface area contributed by atoms with E-state index in [4.69, 9.17) is 9.11 Å². The van der Waals surface area contributed by atoms with Crippen LogP contribution in [0.1, 0.15) is 17.3 Å². The lowest BCUT2D eigenvalue weighted by atomic mass is 10.1. The average molecular weight is 384 g/mol. The Labute approximate surface area is 136 Å². The maximum absolute atomic E-state index is 12.1. The van der Waals surface area contributed by atoms with Crippen molar-refractivity contribution >= 4 is 26.8 Å². The smallest absolute Gasteiger partial charge is 0.314 e. The van der Waals surface area contributed by atoms with Crippen LogP contribution in [0.15, 0.2) is 6.20 Å². The summed E-state index contributed by atoms with van der Waals surface area (Å²) in [5.41, 5.74) is 1.02. The maximum atomic E-state index is 12.1. The lowest BCUT2D eigenvalue weighted by molar-refractivity contribution is -0.0316. The summed E-state index contributed by atoms with van der Waals surface area (Å²) in [6.45, 7) is -0.170. The van der Waals surface area contributed by atoms with Gasteiger partial charge in [-0.05, 0) is 0 Å². The molecule has 0 saturated carbocycles. The van der Waals surface area contributed by atoms with Gasteiger partial charge in [-0.1, -0.05) is 0 Å². The van der Waals surface area contributed by atoms with Crippen LogP contribution in [0.2, 0.25) is 0 Å². The molecule has 0 aliphatic carbocycles. The van der Waals surface area contributed by atoms with Gasteiger partial charge in [-0.15, -0.1) is 4.28 Å². The fourth-order valence-corrected chi connectivity index (χ4v) is 3.31. The summed E-state index contributed by atoms with van der Waals surface area (Å²) in [6.07, 6.45) is 1.38. The number of hydrogen-bond donors (Lipinski definition) is 2. The van der Waals surface area contributed by atoms with Crippen LogP contribution in [0.3, 0.4) is 0 Å². The normalized spacial score (nSPS) is 20.6. The Kier molecular flexibility index (Phi) is 4.01. The summed E-state index contributed by atoms with van der Waals surface area (Å²) in [4.78, 5) is 13.4. The van der Waals surface area contributed by atoms with E-state index >= 15 is 0 Å². The van der Waals surface area contributed by atoms with Crippen molar-refractivity contribution in [2.24, 2.45) is 0 Å². The SMILES string of the molecule is O=C1N2Cc3c(cnn3CCOS(=O)(=O)O)C(C2)N1OS(=O)(=O)O. The Morgan fingerprint density at radius 2 is 1.96 bits per heavy atom. The summed E-state index contributed by atoms with van der Waals surface area (Å²) in [5, 5.41) is 4.56. The molecule has 24 heavy (non-hydrogen) atoms. The van der Waals surface area contributed by atoms with Crippen LogP contribution in [0.5, 0.6) is 0 Å². The first-order chi connectivity index (χ1) is 11.1. The molecule has 0 aromatic carbocycles. The predicted molar refractivity (Wildman–Crippen MR) is 72.7 cm³/mol. The Bertz CT molecular complexity index is 877. The van der Waals surface area contributed by atoms with Gasteiger partial charge in [0.1, 0.15) is 6.04 Å². The topological polar surface area (TPSA) is 169 Å². The number of fused-ring (bicyclic) bond motifs is 4. The van der Waals surface area contributed by atoms with E-state index in [2.05, 4.69) is 13.6 Å². The van der Waals surface area contributed by atoms with Gasteiger partial charge < -0.3 is 4.90 Å². The highest BCUT2D eigenvalue weighted by Gasteiger charge is 2.47. The standard InChI is InChI=1S/C9H12N4O9S2/c14-9-11-4-7-6(8(5-11)13(9)22-24(18,19)20)3-10-12(7)1-2-21-23(15,16)17/h3,8H,1-2,4-5H2,(H,15,16,17)(H,18,19,20). The molecule has 1 unspecified atom stereocenters. The molecule has 134 valence electrons. The molecule has 0 radical (unpaired) electrons. The fourth-order valence-electron chi connectivity index (χ4n) is 2.65. The molecule has 1 saturated heterocycles. The zero-order chi connectivity index (χ0) is 17.7. The average Bonchev–Trinajstić information content (AvgIpc) is 2.93. The predicted octanol–water partition coefficient (Wildman–Crippen LogP) is -1.27. The van der Waals surface area contributed by atoms with Crippen LogP contribution in [0, 0.1) is 0 Å². The second-order valence-corrected chi connectivity index (χ2v) is 7.12. The lowest BCUT2D eigenvalue weighted by Gasteiger charge is -2.22. The van der Waals surface area contributed by atoms with Crippen molar-refractivity contribution < 1.29 is 39.2 Å². The third kappa shape index (κ3) is 3.35. The lowest BCUT2D eigenvalue weighted by Crippen LogP contribution is -2.32. The number of rotatable bonds is 6. The van der Waals surface area contributed by atoms with Gasteiger partial charge in [0.2, 0.25) is 0 Å². The summed E-state index contributed by atoms with van der Waals surface area (Å²) in [6, 6.07) is -1.53. The van der Waals surface area contributed by atoms with E-state index in [1.54, 1.807) is 0 Å². The van der Waals surface area contributed by atoms with Gasteiger partial charge in [0.25, 0.3) is 0 Å². The highest BCUT2D eigenvalue weighted by Crippen LogP contribution is 2.38. The molecule has 1 fully saturated rings. The molecule has 1 atom stereocenters. The molecule has 13 nitrogen and oxygen atoms in total. The number of amides is 2. The van der Waals surface area contributed by atoms with Crippen molar-refractivity contribution in [3.8, 4) is 0 Å². The van der Waals surface area contributed by atoms with Crippen molar-refractivity contribution in [3.05, 3.63) is 17.5 Å². The van der Waals surface area contributed by atoms with Gasteiger partial charge in [0.05, 0.1) is 38.1 Å². The highest BCUT2D eigenvalue weighted by molar-refractivity contribution is 7.81. The third-order valence-electron chi connectivity index (χ3n) is 3.53. The minimum atomic E-state index is -4.87. The van der Waals surface area contributed by atoms with E-state index in [-0.39, 0.29) is 26.2 Å². The van der Waals surface area contributed by atoms with Crippen molar-refractivity contribution in [1.82, 2.24) is 19.7 Å². The van der Waals surface area contributed by atoms with Crippen LogP contribution in [-0.4, -0.2) is 64.9 Å². The number of carbonyl (C=O) groups excluding carboxylic acids is 1. The van der Waals surface area contributed by atoms with Gasteiger partial charge in [0.15, 0.2) is 0 Å². The van der Waals surface area contributed by atoms with Crippen molar-refractivity contribution in [2.75, 3.05) is 13.2 Å². The summed E-state index contributed by atoms with van der Waals surface area (Å²) in [7, 11) is -9.44. The van der Waals surface area contributed by atoms with E-state index in [9.17, 15) is 21.6 Å². The largest absolute Gasteiger partial charge is 0.418 e. The fraction of sp³-hybridized carbons (Fsp3) is 0.556. The van der Waals surface area contributed by atoms with Crippen molar-refractivity contribution in [2.45, 2.75) is 19.1 Å². The van der Waals surface area contributed by atoms with Crippen molar-refractivity contribution in [1.29, 1.82) is 0 Å². The molecule has 1 aromatic rings. The van der Waals surface area contributed by atoms with Gasteiger partial charge in [-0.2, -0.15) is 27.0 Å². The first kappa shape index (κ1) is 17.1. The maximum Gasteiger partial charge on any atom is 0.418 e. The molecule has 2 N–H and O–H groups in total. The van der Waals surface area contributed by atoms with E-state index < -0.39 is 32.9 Å². The minimum Gasteiger partial charge on any atom is -0.314 e. The molecule has 3 rings (SSSR count). The highest BCUT2D eigenvalue weighted by atomic mass is 32.3. The first-order valence-electron chi connectivity index (χ1n) is 6.47. The molecule has 15 heteroatoms. The summed E-state index contributed by atoms with van der Waals surface area (Å²) >= 11 is 0. The molecule has 3 heterocycles. The molecule has 2 aliphatic rings. The van der Waals surface area contributed by atoms with Gasteiger partial charge >= 0.3 is 26.8 Å². The molecule has 1 aromatic heterocycles. The number of hydrogen-bond acceptors (Lipinski definition) is 8. The second kappa shape index (κ2) is 5.64. The van der Waals surface area contributed by atoms with E-state index in [1.165, 1.54) is 15.8 Å². The van der Waals surface area contributed by atoms with E-state index in [0.717, 1.165) is 0 Å². The Morgan fingerprint density at radius 1 is 1.25 bits per heavy atom. The number of hydroxylamine groups is 2. The molecular formula is C9H12N4O9S2. The number of nitrogens with zero attached hydrogens (tertiary/aromatic N) is 4. The van der Waals surface area contributed by atoms with Crippen LogP contribution >= 0.6 is 0 Å². The van der Waals surface area contributed by atoms with E-state index in [0.29, 0.717) is 16.3 Å². The zero-order valence-corrected chi connectivity index (χ0v) is 13.5. The monoisotopic (exact) mass is 384 g/mol. The Hall–Kier alpha value is -1.78. The second-order valence-electron chi connectivity index (χ2n) is 5.03. The molecule has 2 aliphatic heterocycles. The van der Waals surface area contributed by atoms with Gasteiger partial charge in [-0.25, -0.2) is 8.98 Å². The zero-order valence-electron chi connectivity index (χ0n) is 11.8. The first-order valence-corrected chi connectivity index (χ1v) is 9.20. The molecular weight excluding hydrogens is 372 g/mol. The van der Waals surface area contributed by atoms with Gasteiger partial charge in [-0.3, -0.25) is 13.8 Å². The number of carbonyl (C=O) groups is 1. The van der Waals surface area contributed by atoms with Crippen LogP contribution in [0.25, 0.3) is 0 Å².